The molecule has 4 nitrogen and oxygen atoms in total. The molecule has 1 N–H and O–H groups in total. The maximum Gasteiger partial charge on any atom is 0.306 e. The fourth-order valence-corrected chi connectivity index (χ4v) is 2.93. The Hall–Kier alpha value is -2.88. The van der Waals surface area contributed by atoms with Crippen LogP contribution >= 0.6 is 0 Å². The Bertz CT molecular complexity index is 844. The van der Waals surface area contributed by atoms with Crippen LogP contribution in [0.1, 0.15) is 18.4 Å². The van der Waals surface area contributed by atoms with Gasteiger partial charge in [-0.2, -0.15) is 0 Å². The Morgan fingerprint density at radius 2 is 1.46 bits per heavy atom. The third-order valence-electron chi connectivity index (χ3n) is 4.04. The summed E-state index contributed by atoms with van der Waals surface area (Å²) in [6.45, 7) is 0.246. The lowest BCUT2D eigenvalue weighted by atomic mass is 9.95. The zero-order chi connectivity index (χ0) is 16.9. The predicted molar refractivity (Wildman–Crippen MR) is 93.0 cm³/mol. The smallest absolute Gasteiger partial charge is 0.306 e. The van der Waals surface area contributed by atoms with Gasteiger partial charge in [0.25, 0.3) is 0 Å². The molecule has 122 valence electrons. The van der Waals surface area contributed by atoms with Crippen LogP contribution in [0.15, 0.2) is 54.6 Å². The summed E-state index contributed by atoms with van der Waals surface area (Å²) in [4.78, 5) is 22.1. The molecule has 0 saturated heterocycles. The van der Waals surface area contributed by atoms with Crippen LogP contribution in [0.3, 0.4) is 0 Å². The van der Waals surface area contributed by atoms with Crippen LogP contribution in [0.25, 0.3) is 21.5 Å². The average Bonchev–Trinajstić information content (AvgIpc) is 2.59. The molecule has 0 aliphatic carbocycles. The van der Waals surface area contributed by atoms with E-state index in [0.29, 0.717) is 6.42 Å². The van der Waals surface area contributed by atoms with Crippen molar-refractivity contribution in [3.8, 4) is 0 Å². The lowest BCUT2D eigenvalue weighted by Crippen LogP contribution is -2.10. The number of benzene rings is 3. The lowest BCUT2D eigenvalue weighted by molar-refractivity contribution is -0.147. The van der Waals surface area contributed by atoms with Gasteiger partial charge in [0.15, 0.2) is 0 Å². The summed E-state index contributed by atoms with van der Waals surface area (Å²) in [5.74, 6) is -1.46. The van der Waals surface area contributed by atoms with E-state index in [1.165, 1.54) is 0 Å². The zero-order valence-corrected chi connectivity index (χ0v) is 13.2. The van der Waals surface area contributed by atoms with Crippen LogP contribution < -0.4 is 0 Å². The Morgan fingerprint density at radius 1 is 0.875 bits per heavy atom. The number of hydrogen-bond donors (Lipinski definition) is 1. The summed E-state index contributed by atoms with van der Waals surface area (Å²) in [6.07, 6.45) is 0.308. The molecule has 0 heterocycles. The van der Waals surface area contributed by atoms with Crippen molar-refractivity contribution in [1.29, 1.82) is 0 Å². The Balaban J connectivity index is 1.82. The number of esters is 1. The molecule has 0 saturated carbocycles. The van der Waals surface area contributed by atoms with Gasteiger partial charge in [0.1, 0.15) is 0 Å². The van der Waals surface area contributed by atoms with Crippen molar-refractivity contribution in [2.75, 3.05) is 6.61 Å². The Morgan fingerprint density at radius 3 is 2.04 bits per heavy atom. The van der Waals surface area contributed by atoms with Gasteiger partial charge in [0, 0.05) is 6.42 Å². The second-order valence-corrected chi connectivity index (χ2v) is 5.66. The van der Waals surface area contributed by atoms with Crippen LogP contribution in [0.4, 0.5) is 0 Å². The quantitative estimate of drug-likeness (QED) is 0.551. The number of carboxylic acid groups (broad SMARTS) is 1. The van der Waals surface area contributed by atoms with E-state index in [9.17, 15) is 9.59 Å². The first-order valence-corrected chi connectivity index (χ1v) is 7.92. The first-order valence-electron chi connectivity index (χ1n) is 7.92. The number of carbonyl (C=O) groups is 2. The van der Waals surface area contributed by atoms with Crippen LogP contribution in [0, 0.1) is 0 Å². The van der Waals surface area contributed by atoms with E-state index in [-0.39, 0.29) is 19.4 Å². The normalized spacial score (nSPS) is 10.8. The third-order valence-corrected chi connectivity index (χ3v) is 4.04. The third kappa shape index (κ3) is 3.54. The molecule has 3 aromatic rings. The molecule has 3 aromatic carbocycles. The van der Waals surface area contributed by atoms with E-state index >= 15 is 0 Å². The van der Waals surface area contributed by atoms with Crippen LogP contribution in [0.5, 0.6) is 0 Å². The molecule has 0 aliphatic rings. The van der Waals surface area contributed by atoms with Crippen molar-refractivity contribution in [2.45, 2.75) is 19.3 Å². The molecule has 4 heteroatoms. The van der Waals surface area contributed by atoms with Gasteiger partial charge >= 0.3 is 11.9 Å². The number of aliphatic carboxylic acids is 1. The number of hydrogen-bond acceptors (Lipinski definition) is 3. The highest BCUT2D eigenvalue weighted by Gasteiger charge is 2.10. The van der Waals surface area contributed by atoms with Crippen molar-refractivity contribution in [3.05, 3.63) is 60.2 Å². The van der Waals surface area contributed by atoms with Crippen molar-refractivity contribution < 1.29 is 19.4 Å². The molecule has 0 atom stereocenters. The topological polar surface area (TPSA) is 63.6 Å². The lowest BCUT2D eigenvalue weighted by Gasteiger charge is -2.12. The van der Waals surface area contributed by atoms with Gasteiger partial charge in [0.2, 0.25) is 0 Å². The maximum atomic E-state index is 11.6. The van der Waals surface area contributed by atoms with Crippen molar-refractivity contribution in [3.63, 3.8) is 0 Å². The monoisotopic (exact) mass is 322 g/mol. The Labute approximate surface area is 139 Å². The second-order valence-electron chi connectivity index (χ2n) is 5.66. The fourth-order valence-electron chi connectivity index (χ4n) is 2.93. The largest absolute Gasteiger partial charge is 0.481 e. The molecular weight excluding hydrogens is 304 g/mol. The van der Waals surface area contributed by atoms with Gasteiger partial charge in [-0.1, -0.05) is 48.5 Å². The number of ether oxygens (including phenoxy) is 1. The van der Waals surface area contributed by atoms with E-state index in [0.717, 1.165) is 27.1 Å². The molecular formula is C20H18O4. The van der Waals surface area contributed by atoms with E-state index in [1.54, 1.807) is 0 Å². The minimum atomic E-state index is -0.994. The molecule has 0 spiro atoms. The molecule has 0 radical (unpaired) electrons. The summed E-state index contributed by atoms with van der Waals surface area (Å²) < 4.78 is 5.19. The van der Waals surface area contributed by atoms with Gasteiger partial charge < -0.3 is 9.84 Å². The predicted octanol–water partition coefficient (Wildman–Crippen LogP) is 3.94. The van der Waals surface area contributed by atoms with Gasteiger partial charge in [-0.15, -0.1) is 0 Å². The van der Waals surface area contributed by atoms with Gasteiger partial charge in [0.05, 0.1) is 19.4 Å². The van der Waals surface area contributed by atoms with Gasteiger partial charge in [-0.05, 0) is 33.2 Å². The molecule has 0 fully saturated rings. The van der Waals surface area contributed by atoms with Crippen molar-refractivity contribution in [2.24, 2.45) is 0 Å². The first kappa shape index (κ1) is 16.0. The van der Waals surface area contributed by atoms with Crippen molar-refractivity contribution >= 4 is 33.5 Å². The summed E-state index contributed by atoms with van der Waals surface area (Å²) in [5.41, 5.74) is 1.15. The minimum absolute atomic E-state index is 0.0916. The highest BCUT2D eigenvalue weighted by molar-refractivity contribution is 6.02. The fraction of sp³-hybridized carbons (Fsp3) is 0.200. The van der Waals surface area contributed by atoms with Crippen molar-refractivity contribution in [1.82, 2.24) is 0 Å². The molecule has 0 aliphatic heterocycles. The van der Waals surface area contributed by atoms with E-state index in [1.807, 2.05) is 24.3 Å². The summed E-state index contributed by atoms with van der Waals surface area (Å²) in [6, 6.07) is 18.5. The number of carbonyl (C=O) groups excluding carboxylic acids is 1. The second kappa shape index (κ2) is 7.13. The minimum Gasteiger partial charge on any atom is -0.481 e. The SMILES string of the molecule is O=C(O)CCC(=O)OCCc1c2ccccc2cc2ccccc12. The molecule has 0 bridgehead atoms. The first-order chi connectivity index (χ1) is 11.6. The van der Waals surface area contributed by atoms with Gasteiger partial charge in [-0.3, -0.25) is 9.59 Å². The molecule has 0 aromatic heterocycles. The number of rotatable bonds is 6. The maximum absolute atomic E-state index is 11.6. The van der Waals surface area contributed by atoms with Crippen LogP contribution in [-0.2, 0) is 20.7 Å². The number of carboxylic acids is 1. The Kier molecular flexibility index (Phi) is 4.75. The standard InChI is InChI=1S/C20H18O4/c21-19(22)9-10-20(23)24-12-11-18-16-7-3-1-5-14(16)13-15-6-2-4-8-17(15)18/h1-8,13H,9-12H2,(H,21,22). The zero-order valence-electron chi connectivity index (χ0n) is 13.2. The molecule has 0 unspecified atom stereocenters. The van der Waals surface area contributed by atoms with Crippen LogP contribution in [-0.4, -0.2) is 23.7 Å². The van der Waals surface area contributed by atoms with E-state index in [4.69, 9.17) is 9.84 Å². The van der Waals surface area contributed by atoms with Gasteiger partial charge in [-0.25, -0.2) is 0 Å². The molecule has 24 heavy (non-hydrogen) atoms. The van der Waals surface area contributed by atoms with E-state index < -0.39 is 11.9 Å². The highest BCUT2D eigenvalue weighted by atomic mass is 16.5. The summed E-state index contributed by atoms with van der Waals surface area (Å²) >= 11 is 0. The van der Waals surface area contributed by atoms with Crippen LogP contribution in [0.2, 0.25) is 0 Å². The average molecular weight is 322 g/mol. The summed E-state index contributed by atoms with van der Waals surface area (Å²) in [7, 11) is 0. The molecule has 0 amide bonds. The molecule has 3 rings (SSSR count). The van der Waals surface area contributed by atoms with E-state index in [2.05, 4.69) is 30.3 Å². The highest BCUT2D eigenvalue weighted by Crippen LogP contribution is 2.28. The number of fused-ring (bicyclic) bond motifs is 2. The summed E-state index contributed by atoms with van der Waals surface area (Å²) in [5, 5.41) is 13.2.